The molecule has 20 heavy (non-hydrogen) atoms. The van der Waals surface area contributed by atoms with Crippen molar-refractivity contribution < 1.29 is 9.90 Å². The van der Waals surface area contributed by atoms with Crippen molar-refractivity contribution in [2.24, 2.45) is 5.92 Å². The molecule has 0 spiro atoms. The third-order valence-corrected chi connectivity index (χ3v) is 4.17. The Bertz CT molecular complexity index is 397. The molecule has 0 bridgehead atoms. The highest BCUT2D eigenvalue weighted by Crippen LogP contribution is 2.25. The molecule has 1 aliphatic carbocycles. The van der Waals surface area contributed by atoms with Gasteiger partial charge in [-0.1, -0.05) is 56.0 Å². The van der Waals surface area contributed by atoms with Crippen molar-refractivity contribution in [3.05, 3.63) is 35.9 Å². The molecule has 0 saturated heterocycles. The number of carbonyl (C=O) groups excluding carboxylic acids is 1. The Hall–Kier alpha value is -1.35. The van der Waals surface area contributed by atoms with Gasteiger partial charge in [0, 0.05) is 6.42 Å². The van der Waals surface area contributed by atoms with E-state index in [1.807, 2.05) is 30.3 Å². The summed E-state index contributed by atoms with van der Waals surface area (Å²) in [5, 5.41) is 12.4. The lowest BCUT2D eigenvalue weighted by atomic mass is 9.96. The average Bonchev–Trinajstić information content (AvgIpc) is 2.74. The third-order valence-electron chi connectivity index (χ3n) is 4.17. The van der Waals surface area contributed by atoms with E-state index in [0.717, 1.165) is 5.56 Å². The minimum Gasteiger partial charge on any atom is -0.394 e. The zero-order valence-electron chi connectivity index (χ0n) is 12.1. The Labute approximate surface area is 121 Å². The number of benzene rings is 1. The van der Waals surface area contributed by atoms with Crippen LogP contribution in [0.15, 0.2) is 30.3 Å². The molecule has 1 aromatic carbocycles. The maximum Gasteiger partial charge on any atom is 0.220 e. The van der Waals surface area contributed by atoms with Gasteiger partial charge in [0.05, 0.1) is 12.6 Å². The van der Waals surface area contributed by atoms with E-state index < -0.39 is 0 Å². The minimum atomic E-state index is -0.283. The fourth-order valence-electron chi connectivity index (χ4n) is 3.00. The second-order valence-electron chi connectivity index (χ2n) is 5.78. The van der Waals surface area contributed by atoms with Crippen LogP contribution in [0.4, 0.5) is 0 Å². The molecule has 0 radical (unpaired) electrons. The summed E-state index contributed by atoms with van der Waals surface area (Å²) in [6.07, 6.45) is 8.05. The van der Waals surface area contributed by atoms with Crippen molar-refractivity contribution in [1.29, 1.82) is 0 Å². The SMILES string of the molecule is O=C(CC1CCCCCC1)NC(CO)c1ccccc1. The van der Waals surface area contributed by atoms with Crippen molar-refractivity contribution in [2.45, 2.75) is 51.0 Å². The summed E-state index contributed by atoms with van der Waals surface area (Å²) >= 11 is 0. The first-order valence-corrected chi connectivity index (χ1v) is 7.74. The van der Waals surface area contributed by atoms with Crippen molar-refractivity contribution in [3.8, 4) is 0 Å². The van der Waals surface area contributed by atoms with Crippen LogP contribution < -0.4 is 5.32 Å². The highest BCUT2D eigenvalue weighted by atomic mass is 16.3. The van der Waals surface area contributed by atoms with Gasteiger partial charge in [-0.25, -0.2) is 0 Å². The number of aliphatic hydroxyl groups is 1. The minimum absolute atomic E-state index is 0.0551. The first kappa shape index (κ1) is 15.0. The number of amides is 1. The molecule has 2 rings (SSSR count). The number of hydrogen-bond donors (Lipinski definition) is 2. The summed E-state index contributed by atoms with van der Waals surface area (Å²) in [7, 11) is 0. The molecule has 1 aromatic rings. The fourth-order valence-corrected chi connectivity index (χ4v) is 3.00. The van der Waals surface area contributed by atoms with Gasteiger partial charge in [0.1, 0.15) is 0 Å². The highest BCUT2D eigenvalue weighted by molar-refractivity contribution is 5.76. The van der Waals surface area contributed by atoms with Crippen LogP contribution in [0.1, 0.15) is 56.6 Å². The summed E-state index contributed by atoms with van der Waals surface area (Å²) in [6, 6.07) is 9.38. The zero-order valence-corrected chi connectivity index (χ0v) is 12.1. The third kappa shape index (κ3) is 4.64. The number of rotatable bonds is 5. The quantitative estimate of drug-likeness (QED) is 0.811. The van der Waals surface area contributed by atoms with Crippen molar-refractivity contribution >= 4 is 5.91 Å². The molecule has 1 atom stereocenters. The van der Waals surface area contributed by atoms with E-state index >= 15 is 0 Å². The lowest BCUT2D eigenvalue weighted by molar-refractivity contribution is -0.123. The normalized spacial score (nSPS) is 18.2. The summed E-state index contributed by atoms with van der Waals surface area (Å²) in [6.45, 7) is -0.0551. The fraction of sp³-hybridized carbons (Fsp3) is 0.588. The van der Waals surface area contributed by atoms with E-state index in [1.165, 1.54) is 38.5 Å². The zero-order chi connectivity index (χ0) is 14.2. The lowest BCUT2D eigenvalue weighted by Gasteiger charge is -2.19. The van der Waals surface area contributed by atoms with Gasteiger partial charge in [-0.2, -0.15) is 0 Å². The van der Waals surface area contributed by atoms with Gasteiger partial charge in [-0.3, -0.25) is 4.79 Å². The molecule has 0 heterocycles. The molecule has 3 nitrogen and oxygen atoms in total. The lowest BCUT2D eigenvalue weighted by Crippen LogP contribution is -2.32. The van der Waals surface area contributed by atoms with Gasteiger partial charge in [0.2, 0.25) is 5.91 Å². The van der Waals surface area contributed by atoms with Gasteiger partial charge >= 0.3 is 0 Å². The number of nitrogens with one attached hydrogen (secondary N) is 1. The molecule has 3 heteroatoms. The van der Waals surface area contributed by atoms with Crippen LogP contribution in [0.3, 0.4) is 0 Å². The molecular weight excluding hydrogens is 250 g/mol. The first-order valence-electron chi connectivity index (χ1n) is 7.74. The monoisotopic (exact) mass is 275 g/mol. The Morgan fingerprint density at radius 1 is 1.15 bits per heavy atom. The average molecular weight is 275 g/mol. The first-order chi connectivity index (χ1) is 9.79. The second-order valence-corrected chi connectivity index (χ2v) is 5.78. The van der Waals surface area contributed by atoms with Crippen LogP contribution in [0, 0.1) is 5.92 Å². The van der Waals surface area contributed by atoms with Gasteiger partial charge in [-0.05, 0) is 24.3 Å². The predicted octanol–water partition coefficient (Wildman–Crippen LogP) is 3.20. The maximum atomic E-state index is 12.1. The van der Waals surface area contributed by atoms with E-state index in [9.17, 15) is 9.90 Å². The largest absolute Gasteiger partial charge is 0.394 e. The van der Waals surface area contributed by atoms with E-state index in [2.05, 4.69) is 5.32 Å². The molecular formula is C17H25NO2. The summed E-state index contributed by atoms with van der Waals surface area (Å²) in [4.78, 5) is 12.1. The maximum absolute atomic E-state index is 12.1. The van der Waals surface area contributed by atoms with Gasteiger partial charge in [-0.15, -0.1) is 0 Å². The molecule has 1 amide bonds. The topological polar surface area (TPSA) is 49.3 Å². The predicted molar refractivity (Wildman–Crippen MR) is 80.2 cm³/mol. The molecule has 0 aliphatic heterocycles. The smallest absolute Gasteiger partial charge is 0.220 e. The van der Waals surface area contributed by atoms with Gasteiger partial charge < -0.3 is 10.4 Å². The van der Waals surface area contributed by atoms with E-state index in [-0.39, 0.29) is 18.6 Å². The number of hydrogen-bond acceptors (Lipinski definition) is 2. The van der Waals surface area contributed by atoms with E-state index in [1.54, 1.807) is 0 Å². The summed E-state index contributed by atoms with van der Waals surface area (Å²) in [5.41, 5.74) is 0.962. The highest BCUT2D eigenvalue weighted by Gasteiger charge is 2.18. The summed E-state index contributed by atoms with van der Waals surface area (Å²) in [5.74, 6) is 0.590. The van der Waals surface area contributed by atoms with Crippen LogP contribution >= 0.6 is 0 Å². The molecule has 0 aromatic heterocycles. The molecule has 1 aliphatic rings. The summed E-state index contributed by atoms with van der Waals surface area (Å²) < 4.78 is 0. The number of carbonyl (C=O) groups is 1. The van der Waals surface area contributed by atoms with Crippen LogP contribution in [0.5, 0.6) is 0 Å². The van der Waals surface area contributed by atoms with Crippen LogP contribution in [0.2, 0.25) is 0 Å². The van der Waals surface area contributed by atoms with Gasteiger partial charge in [0.25, 0.3) is 0 Å². The van der Waals surface area contributed by atoms with Crippen molar-refractivity contribution in [2.75, 3.05) is 6.61 Å². The molecule has 1 fully saturated rings. The molecule has 2 N–H and O–H groups in total. The van der Waals surface area contributed by atoms with Crippen molar-refractivity contribution in [1.82, 2.24) is 5.32 Å². The Morgan fingerprint density at radius 3 is 2.40 bits per heavy atom. The van der Waals surface area contributed by atoms with Crippen LogP contribution in [-0.2, 0) is 4.79 Å². The molecule has 1 unspecified atom stereocenters. The Morgan fingerprint density at radius 2 is 1.80 bits per heavy atom. The molecule has 110 valence electrons. The van der Waals surface area contributed by atoms with Crippen LogP contribution in [-0.4, -0.2) is 17.6 Å². The van der Waals surface area contributed by atoms with E-state index in [4.69, 9.17) is 0 Å². The standard InChI is InChI=1S/C17H25NO2/c19-13-16(15-10-6-3-7-11-15)18-17(20)12-14-8-4-1-2-5-9-14/h3,6-7,10-11,14,16,19H,1-2,4-5,8-9,12-13H2,(H,18,20). The Balaban J connectivity index is 1.86. The second kappa shape index (κ2) is 8.05. The van der Waals surface area contributed by atoms with Crippen LogP contribution in [0.25, 0.3) is 0 Å². The van der Waals surface area contributed by atoms with Crippen molar-refractivity contribution in [3.63, 3.8) is 0 Å². The van der Waals surface area contributed by atoms with Gasteiger partial charge in [0.15, 0.2) is 0 Å². The Kier molecular flexibility index (Phi) is 6.06. The number of aliphatic hydroxyl groups excluding tert-OH is 1. The molecule has 1 saturated carbocycles. The van der Waals surface area contributed by atoms with E-state index in [0.29, 0.717) is 12.3 Å².